The van der Waals surface area contributed by atoms with Crippen LogP contribution in [0.4, 0.5) is 0 Å². The first-order valence-corrected chi connectivity index (χ1v) is 7.96. The Kier molecular flexibility index (Phi) is 4.74. The molecule has 1 saturated carbocycles. The number of hydrogen-bond donors (Lipinski definition) is 0. The van der Waals surface area contributed by atoms with Gasteiger partial charge in [-0.15, -0.1) is 0 Å². The molecule has 0 N–H and O–H groups in total. The quantitative estimate of drug-likeness (QED) is 0.590. The molecule has 2 aliphatic carbocycles. The maximum Gasteiger partial charge on any atom is 0.316 e. The average Bonchev–Trinajstić information content (AvgIpc) is 2.81. The fourth-order valence-electron chi connectivity index (χ4n) is 3.61. The first-order chi connectivity index (χ1) is 9.86. The summed E-state index contributed by atoms with van der Waals surface area (Å²) in [5.41, 5.74) is -0.622. The molecule has 0 aromatic heterocycles. The van der Waals surface area contributed by atoms with Crippen LogP contribution < -0.4 is 0 Å². The Morgan fingerprint density at radius 1 is 1.14 bits per heavy atom. The Bertz CT molecular complexity index is 438. The van der Waals surface area contributed by atoms with Gasteiger partial charge >= 0.3 is 11.9 Å². The zero-order valence-corrected chi connectivity index (χ0v) is 13.4. The van der Waals surface area contributed by atoms with E-state index in [0.29, 0.717) is 0 Å². The second-order valence-corrected chi connectivity index (χ2v) is 6.72. The van der Waals surface area contributed by atoms with Gasteiger partial charge in [-0.25, -0.2) is 0 Å². The average molecular weight is 294 g/mol. The maximum atomic E-state index is 12.6. The predicted octanol–water partition coefficient (Wildman–Crippen LogP) is 3.25. The number of allylic oxidation sites excluding steroid dienone is 1. The smallest absolute Gasteiger partial charge is 0.316 e. The predicted molar refractivity (Wildman–Crippen MR) is 79.5 cm³/mol. The van der Waals surface area contributed by atoms with E-state index in [1.54, 1.807) is 0 Å². The minimum atomic E-state index is -0.622. The molecule has 0 aliphatic heterocycles. The third-order valence-corrected chi connectivity index (χ3v) is 4.44. The molecule has 0 aromatic rings. The molecule has 3 atom stereocenters. The van der Waals surface area contributed by atoms with E-state index in [1.807, 2.05) is 39.8 Å². The van der Waals surface area contributed by atoms with E-state index >= 15 is 0 Å². The highest BCUT2D eigenvalue weighted by Gasteiger charge is 2.54. The minimum Gasteiger partial charge on any atom is -0.463 e. The number of fused-ring (bicyclic) bond motifs is 1. The van der Waals surface area contributed by atoms with E-state index in [9.17, 15) is 9.59 Å². The van der Waals surface area contributed by atoms with Crippen LogP contribution in [-0.2, 0) is 19.1 Å². The molecule has 0 bridgehead atoms. The second-order valence-electron chi connectivity index (χ2n) is 6.72. The first kappa shape index (κ1) is 16.1. The van der Waals surface area contributed by atoms with Crippen molar-refractivity contribution in [2.45, 2.75) is 65.6 Å². The Morgan fingerprint density at radius 2 is 1.81 bits per heavy atom. The summed E-state index contributed by atoms with van der Waals surface area (Å²) in [5.74, 6) is -0.557. The zero-order valence-electron chi connectivity index (χ0n) is 13.4. The summed E-state index contributed by atoms with van der Waals surface area (Å²) in [6.07, 6.45) is 6.91. The number of carbonyl (C=O) groups excluding carboxylic acids is 2. The minimum absolute atomic E-state index is 0.0104. The van der Waals surface area contributed by atoms with Crippen LogP contribution in [0.2, 0.25) is 0 Å². The fraction of sp³-hybridized carbons (Fsp3) is 0.765. The molecule has 4 nitrogen and oxygen atoms in total. The molecule has 0 aromatic carbocycles. The molecule has 0 heterocycles. The number of rotatable bonds is 4. The lowest BCUT2D eigenvalue weighted by Crippen LogP contribution is -2.46. The van der Waals surface area contributed by atoms with Crippen molar-refractivity contribution in [3.05, 3.63) is 12.2 Å². The van der Waals surface area contributed by atoms with Crippen LogP contribution in [0.25, 0.3) is 0 Å². The van der Waals surface area contributed by atoms with Crippen LogP contribution in [0, 0.1) is 17.3 Å². The largest absolute Gasteiger partial charge is 0.463 e. The van der Waals surface area contributed by atoms with Crippen molar-refractivity contribution >= 4 is 11.9 Å². The van der Waals surface area contributed by atoms with Gasteiger partial charge in [0.2, 0.25) is 0 Å². The third kappa shape index (κ3) is 3.14. The molecule has 0 radical (unpaired) electrons. The monoisotopic (exact) mass is 294 g/mol. The van der Waals surface area contributed by atoms with Gasteiger partial charge in [-0.05, 0) is 52.9 Å². The Hall–Kier alpha value is -1.32. The van der Waals surface area contributed by atoms with E-state index in [1.165, 1.54) is 0 Å². The van der Waals surface area contributed by atoms with Gasteiger partial charge in [0.25, 0.3) is 0 Å². The van der Waals surface area contributed by atoms with Gasteiger partial charge in [0.1, 0.15) is 0 Å². The standard InChI is InChI=1S/C17H26O4/c1-11(2)20-15(18)13-7-5-9-17(10-6-8-14(13)17)16(19)21-12(3)4/h6,10-14H,5,7-9H2,1-4H3/t13-,14-,17+/m0/s1. The number of ether oxygens (including phenoxy) is 2. The van der Waals surface area contributed by atoms with Crippen molar-refractivity contribution < 1.29 is 19.1 Å². The Balaban J connectivity index is 2.19. The van der Waals surface area contributed by atoms with Gasteiger partial charge in [0, 0.05) is 0 Å². The molecule has 21 heavy (non-hydrogen) atoms. The summed E-state index contributed by atoms with van der Waals surface area (Å²) >= 11 is 0. The summed E-state index contributed by atoms with van der Waals surface area (Å²) in [6.45, 7) is 7.42. The van der Waals surface area contributed by atoms with E-state index in [2.05, 4.69) is 0 Å². The zero-order chi connectivity index (χ0) is 15.6. The Morgan fingerprint density at radius 3 is 2.43 bits per heavy atom. The van der Waals surface area contributed by atoms with Gasteiger partial charge in [-0.1, -0.05) is 18.6 Å². The van der Waals surface area contributed by atoms with Crippen LogP contribution in [0.5, 0.6) is 0 Å². The molecule has 1 fully saturated rings. The highest BCUT2D eigenvalue weighted by Crippen LogP contribution is 2.52. The van der Waals surface area contributed by atoms with Crippen LogP contribution in [0.3, 0.4) is 0 Å². The van der Waals surface area contributed by atoms with Crippen LogP contribution in [0.1, 0.15) is 53.4 Å². The second kappa shape index (κ2) is 6.20. The van der Waals surface area contributed by atoms with E-state index in [0.717, 1.165) is 25.7 Å². The van der Waals surface area contributed by atoms with Crippen molar-refractivity contribution in [1.82, 2.24) is 0 Å². The van der Waals surface area contributed by atoms with Gasteiger partial charge < -0.3 is 9.47 Å². The molecule has 0 spiro atoms. The van der Waals surface area contributed by atoms with Gasteiger partial charge in [0.05, 0.1) is 23.5 Å². The SMILES string of the molecule is CC(C)OC(=O)[C@H]1CCC[C@@]2(C(=O)OC(C)C)C=CC[C@@H]12. The maximum absolute atomic E-state index is 12.6. The molecule has 4 heteroatoms. The molecule has 0 amide bonds. The molecule has 0 saturated heterocycles. The summed E-state index contributed by atoms with van der Waals surface area (Å²) in [6, 6.07) is 0. The lowest BCUT2D eigenvalue weighted by Gasteiger charge is -2.41. The summed E-state index contributed by atoms with van der Waals surface area (Å²) < 4.78 is 10.8. The van der Waals surface area contributed by atoms with Crippen molar-refractivity contribution in [1.29, 1.82) is 0 Å². The van der Waals surface area contributed by atoms with Crippen LogP contribution in [0.15, 0.2) is 12.2 Å². The topological polar surface area (TPSA) is 52.6 Å². The molecular formula is C17H26O4. The van der Waals surface area contributed by atoms with Gasteiger partial charge in [-0.2, -0.15) is 0 Å². The molecule has 0 unspecified atom stereocenters. The lowest BCUT2D eigenvalue weighted by atomic mass is 9.63. The van der Waals surface area contributed by atoms with Crippen molar-refractivity contribution in [2.75, 3.05) is 0 Å². The van der Waals surface area contributed by atoms with E-state index in [4.69, 9.17) is 9.47 Å². The van der Waals surface area contributed by atoms with E-state index in [-0.39, 0.29) is 36.0 Å². The number of carbonyl (C=O) groups is 2. The molecule has 118 valence electrons. The molecule has 2 rings (SSSR count). The van der Waals surface area contributed by atoms with E-state index < -0.39 is 5.41 Å². The summed E-state index contributed by atoms with van der Waals surface area (Å²) in [4.78, 5) is 24.9. The fourth-order valence-corrected chi connectivity index (χ4v) is 3.61. The molecular weight excluding hydrogens is 268 g/mol. The summed E-state index contributed by atoms with van der Waals surface area (Å²) in [7, 11) is 0. The van der Waals surface area contributed by atoms with Gasteiger partial charge in [-0.3, -0.25) is 9.59 Å². The third-order valence-electron chi connectivity index (χ3n) is 4.44. The van der Waals surface area contributed by atoms with Crippen molar-refractivity contribution in [3.63, 3.8) is 0 Å². The lowest BCUT2D eigenvalue weighted by molar-refractivity contribution is -0.168. The van der Waals surface area contributed by atoms with Crippen LogP contribution in [-0.4, -0.2) is 24.1 Å². The van der Waals surface area contributed by atoms with Crippen molar-refractivity contribution in [3.8, 4) is 0 Å². The van der Waals surface area contributed by atoms with Crippen LogP contribution >= 0.6 is 0 Å². The number of esters is 2. The number of hydrogen-bond acceptors (Lipinski definition) is 4. The summed E-state index contributed by atoms with van der Waals surface area (Å²) in [5, 5.41) is 0. The normalized spacial score (nSPS) is 31.3. The molecule has 2 aliphatic rings. The first-order valence-electron chi connectivity index (χ1n) is 7.96. The highest BCUT2D eigenvalue weighted by molar-refractivity contribution is 5.83. The van der Waals surface area contributed by atoms with Gasteiger partial charge in [0.15, 0.2) is 0 Å². The Labute approximate surface area is 126 Å². The highest BCUT2D eigenvalue weighted by atomic mass is 16.5. The van der Waals surface area contributed by atoms with Crippen molar-refractivity contribution in [2.24, 2.45) is 17.3 Å².